The van der Waals surface area contributed by atoms with Gasteiger partial charge in [0.1, 0.15) is 11.3 Å². The van der Waals surface area contributed by atoms with Gasteiger partial charge < -0.3 is 10.2 Å². The summed E-state index contributed by atoms with van der Waals surface area (Å²) in [4.78, 5) is 4.31. The van der Waals surface area contributed by atoms with Crippen molar-refractivity contribution in [3.05, 3.63) is 52.8 Å². The van der Waals surface area contributed by atoms with E-state index < -0.39 is 0 Å². The fourth-order valence-electron chi connectivity index (χ4n) is 1.76. The number of hydrogen-bond acceptors (Lipinski definition) is 4. The fourth-order valence-corrected chi connectivity index (χ4v) is 2.74. The van der Waals surface area contributed by atoms with E-state index in [1.165, 1.54) is 17.8 Å². The Morgan fingerprint density at radius 3 is 2.90 bits per heavy atom. The summed E-state index contributed by atoms with van der Waals surface area (Å²) in [7, 11) is 0. The van der Waals surface area contributed by atoms with Crippen molar-refractivity contribution in [2.45, 2.75) is 11.0 Å². The van der Waals surface area contributed by atoms with Crippen LogP contribution in [0.1, 0.15) is 5.56 Å². The minimum Gasteiger partial charge on any atom is -0.431 e. The van der Waals surface area contributed by atoms with E-state index in [9.17, 15) is 4.39 Å². The van der Waals surface area contributed by atoms with Gasteiger partial charge in [0.15, 0.2) is 5.58 Å². The zero-order valence-electron chi connectivity index (χ0n) is 10.3. The number of nitrogens with zero attached hydrogens (tertiary/aromatic N) is 1. The molecule has 0 bridgehead atoms. The third-order valence-electron chi connectivity index (χ3n) is 2.76. The quantitative estimate of drug-likeness (QED) is 0.572. The molecule has 0 saturated heterocycles. The topological polar surface area (TPSA) is 52.0 Å². The van der Waals surface area contributed by atoms with E-state index in [4.69, 9.17) is 21.8 Å². The molecular formula is C14H10ClFN2OS. The molecule has 0 aliphatic rings. The highest BCUT2D eigenvalue weighted by Gasteiger charge is 2.09. The Labute approximate surface area is 123 Å². The molecule has 0 aliphatic heterocycles. The summed E-state index contributed by atoms with van der Waals surface area (Å²) in [5, 5.41) is 0.869. The highest BCUT2D eigenvalue weighted by Crippen LogP contribution is 2.28. The zero-order valence-corrected chi connectivity index (χ0v) is 11.8. The third-order valence-corrected chi connectivity index (χ3v) is 3.87. The van der Waals surface area contributed by atoms with Crippen LogP contribution in [0.25, 0.3) is 11.1 Å². The molecule has 0 amide bonds. The van der Waals surface area contributed by atoms with Crippen LogP contribution >= 0.6 is 23.4 Å². The second-order valence-electron chi connectivity index (χ2n) is 4.23. The number of halogens is 2. The van der Waals surface area contributed by atoms with Crippen molar-refractivity contribution in [1.82, 2.24) is 4.98 Å². The first-order valence-corrected chi connectivity index (χ1v) is 7.21. The van der Waals surface area contributed by atoms with Gasteiger partial charge in [0.2, 0.25) is 0 Å². The predicted molar refractivity (Wildman–Crippen MR) is 79.4 cm³/mol. The monoisotopic (exact) mass is 308 g/mol. The minimum atomic E-state index is -0.328. The number of nitrogen functional groups attached to an aromatic ring is 1. The molecule has 0 saturated carbocycles. The van der Waals surface area contributed by atoms with E-state index >= 15 is 0 Å². The lowest BCUT2D eigenvalue weighted by Crippen LogP contribution is -1.87. The number of thioether (sulfide) groups is 1. The Morgan fingerprint density at radius 1 is 1.25 bits per heavy atom. The maximum atomic E-state index is 13.6. The van der Waals surface area contributed by atoms with Crippen LogP contribution < -0.4 is 5.73 Å². The van der Waals surface area contributed by atoms with Crippen molar-refractivity contribution < 1.29 is 8.81 Å². The molecular weight excluding hydrogens is 299 g/mol. The van der Waals surface area contributed by atoms with Crippen molar-refractivity contribution in [1.29, 1.82) is 0 Å². The average Bonchev–Trinajstić information content (AvgIpc) is 2.79. The van der Waals surface area contributed by atoms with Crippen LogP contribution in [0.5, 0.6) is 0 Å². The number of oxazole rings is 1. The van der Waals surface area contributed by atoms with Gasteiger partial charge in [-0.3, -0.25) is 0 Å². The maximum Gasteiger partial charge on any atom is 0.257 e. The number of fused-ring (bicyclic) bond motifs is 1. The molecule has 0 unspecified atom stereocenters. The molecule has 102 valence electrons. The second kappa shape index (κ2) is 5.34. The summed E-state index contributed by atoms with van der Waals surface area (Å²) in [5.74, 6) is 0.0936. The molecule has 6 heteroatoms. The molecule has 1 heterocycles. The maximum absolute atomic E-state index is 13.6. The molecule has 3 aromatic rings. The summed E-state index contributed by atoms with van der Waals surface area (Å²) in [6.07, 6.45) is 0. The summed E-state index contributed by atoms with van der Waals surface area (Å²) in [5.41, 5.74) is 8.21. The minimum absolute atomic E-state index is 0.328. The zero-order chi connectivity index (χ0) is 14.1. The van der Waals surface area contributed by atoms with Crippen molar-refractivity contribution in [2.24, 2.45) is 0 Å². The van der Waals surface area contributed by atoms with Crippen molar-refractivity contribution in [3.63, 3.8) is 0 Å². The molecule has 20 heavy (non-hydrogen) atoms. The number of benzene rings is 2. The van der Waals surface area contributed by atoms with Crippen LogP contribution in [-0.2, 0) is 5.75 Å². The lowest BCUT2D eigenvalue weighted by Gasteiger charge is -2.01. The molecule has 0 radical (unpaired) electrons. The largest absolute Gasteiger partial charge is 0.431 e. The standard InChI is InChI=1S/C14H10ClFN2OS/c15-9-2-1-8(11(16)5-9)7-20-14-18-12-4-3-10(17)6-13(12)19-14/h1-6H,7,17H2. The summed E-state index contributed by atoms with van der Waals surface area (Å²) < 4.78 is 19.2. The van der Waals surface area contributed by atoms with E-state index in [-0.39, 0.29) is 5.82 Å². The summed E-state index contributed by atoms with van der Waals surface area (Å²) in [6, 6.07) is 9.89. The molecule has 0 fully saturated rings. The third kappa shape index (κ3) is 2.73. The van der Waals surface area contributed by atoms with Gasteiger partial charge in [-0.1, -0.05) is 29.4 Å². The Morgan fingerprint density at radius 2 is 2.10 bits per heavy atom. The molecule has 0 atom stereocenters. The van der Waals surface area contributed by atoms with Gasteiger partial charge in [-0.2, -0.15) is 0 Å². The molecule has 2 aromatic carbocycles. The van der Waals surface area contributed by atoms with Gasteiger partial charge in [-0.05, 0) is 29.8 Å². The normalized spacial score (nSPS) is 11.1. The van der Waals surface area contributed by atoms with Crippen LogP contribution in [0, 0.1) is 5.82 Å². The van der Waals surface area contributed by atoms with Crippen LogP contribution in [0.2, 0.25) is 5.02 Å². The Balaban J connectivity index is 1.79. The van der Waals surface area contributed by atoms with E-state index in [2.05, 4.69) is 4.98 Å². The molecule has 3 nitrogen and oxygen atoms in total. The fraction of sp³-hybridized carbons (Fsp3) is 0.0714. The Bertz CT molecular complexity index is 775. The van der Waals surface area contributed by atoms with Crippen LogP contribution in [-0.4, -0.2) is 4.98 Å². The summed E-state index contributed by atoms with van der Waals surface area (Å²) in [6.45, 7) is 0. The van der Waals surface area contributed by atoms with Gasteiger partial charge in [0, 0.05) is 22.5 Å². The van der Waals surface area contributed by atoms with Crippen LogP contribution in [0.4, 0.5) is 10.1 Å². The number of hydrogen-bond donors (Lipinski definition) is 1. The van der Waals surface area contributed by atoms with Crippen LogP contribution in [0.15, 0.2) is 46.0 Å². The van der Waals surface area contributed by atoms with Crippen molar-refractivity contribution in [3.8, 4) is 0 Å². The number of anilines is 1. The highest BCUT2D eigenvalue weighted by molar-refractivity contribution is 7.98. The molecule has 3 rings (SSSR count). The van der Waals surface area contributed by atoms with Gasteiger partial charge in [-0.25, -0.2) is 9.37 Å². The number of nitrogens with two attached hydrogens (primary N) is 1. The van der Waals surface area contributed by atoms with Crippen molar-refractivity contribution >= 4 is 40.1 Å². The number of aromatic nitrogens is 1. The molecule has 0 aliphatic carbocycles. The first kappa shape index (κ1) is 13.3. The van der Waals surface area contributed by atoms with E-state index in [1.54, 1.807) is 30.3 Å². The average molecular weight is 309 g/mol. The first-order chi connectivity index (χ1) is 9.61. The first-order valence-electron chi connectivity index (χ1n) is 5.84. The Hall–Kier alpha value is -1.72. The predicted octanol–water partition coefficient (Wildman–Crippen LogP) is 4.49. The van der Waals surface area contributed by atoms with Gasteiger partial charge in [0.25, 0.3) is 5.22 Å². The second-order valence-corrected chi connectivity index (χ2v) is 5.59. The van der Waals surface area contributed by atoms with E-state index in [0.717, 1.165) is 5.52 Å². The molecule has 0 spiro atoms. The van der Waals surface area contributed by atoms with E-state index in [0.29, 0.717) is 32.8 Å². The molecule has 2 N–H and O–H groups in total. The lowest BCUT2D eigenvalue weighted by atomic mass is 10.2. The number of rotatable bonds is 3. The van der Waals surface area contributed by atoms with Gasteiger partial charge in [0.05, 0.1) is 0 Å². The Kier molecular flexibility index (Phi) is 3.54. The lowest BCUT2D eigenvalue weighted by molar-refractivity contribution is 0.489. The smallest absolute Gasteiger partial charge is 0.257 e. The van der Waals surface area contributed by atoms with Gasteiger partial charge >= 0.3 is 0 Å². The SMILES string of the molecule is Nc1ccc2nc(SCc3ccc(Cl)cc3F)oc2c1. The summed E-state index contributed by atoms with van der Waals surface area (Å²) >= 11 is 7.04. The highest BCUT2D eigenvalue weighted by atomic mass is 35.5. The van der Waals surface area contributed by atoms with E-state index in [1.807, 2.05) is 0 Å². The molecule has 1 aromatic heterocycles. The van der Waals surface area contributed by atoms with Crippen molar-refractivity contribution in [2.75, 3.05) is 5.73 Å². The van der Waals surface area contributed by atoms with Gasteiger partial charge in [-0.15, -0.1) is 0 Å². The van der Waals surface area contributed by atoms with Crippen LogP contribution in [0.3, 0.4) is 0 Å².